The maximum atomic E-state index is 12.5. The number of hydrogen-bond donors (Lipinski definition) is 1. The number of amides is 1. The van der Waals surface area contributed by atoms with Gasteiger partial charge in [0, 0.05) is 18.6 Å². The monoisotopic (exact) mass is 416 g/mol. The Morgan fingerprint density at radius 2 is 2.07 bits per heavy atom. The lowest BCUT2D eigenvalue weighted by Crippen LogP contribution is -2.28. The number of benzene rings is 2. The highest BCUT2D eigenvalue weighted by Gasteiger charge is 2.15. The van der Waals surface area contributed by atoms with E-state index >= 15 is 0 Å². The summed E-state index contributed by atoms with van der Waals surface area (Å²) < 4.78 is 5.35. The normalized spacial score (nSPS) is 10.7. The number of hydrogen-bond acceptors (Lipinski definition) is 5. The molecule has 0 spiro atoms. The number of nitrogens with zero attached hydrogens (tertiary/aromatic N) is 3. The number of aromatic amines is 1. The number of H-pyrrole nitrogens is 1. The van der Waals surface area contributed by atoms with Gasteiger partial charge in [0.15, 0.2) is 5.82 Å². The van der Waals surface area contributed by atoms with Gasteiger partial charge in [-0.15, -0.1) is 5.10 Å². The number of carbonyl (C=O) groups excluding carboxylic acids is 1. The van der Waals surface area contributed by atoms with E-state index < -0.39 is 0 Å². The summed E-state index contributed by atoms with van der Waals surface area (Å²) in [6.07, 6.45) is 0. The molecule has 0 aliphatic rings. The molecule has 1 aromatic heterocycles. The maximum absolute atomic E-state index is 12.5. The molecule has 2 aromatic carbocycles. The van der Waals surface area contributed by atoms with Crippen molar-refractivity contribution in [2.75, 3.05) is 19.9 Å². The molecule has 0 radical (unpaired) electrons. The molecule has 1 amide bonds. The average molecular weight is 417 g/mol. The van der Waals surface area contributed by atoms with Gasteiger partial charge in [0.05, 0.1) is 18.4 Å². The van der Waals surface area contributed by atoms with Crippen molar-refractivity contribution in [3.63, 3.8) is 0 Å². The molecular weight excluding hydrogens is 396 g/mol. The van der Waals surface area contributed by atoms with Crippen LogP contribution < -0.4 is 4.74 Å². The minimum atomic E-state index is 0.0138. The fraction of sp³-hybridized carbons (Fsp3) is 0.250. The second-order valence-corrected chi connectivity index (χ2v) is 7.66. The summed E-state index contributed by atoms with van der Waals surface area (Å²) in [4.78, 5) is 18.6. The maximum Gasteiger partial charge on any atom is 0.233 e. The minimum Gasteiger partial charge on any atom is -0.496 e. The van der Waals surface area contributed by atoms with Crippen LogP contribution in [0.3, 0.4) is 0 Å². The van der Waals surface area contributed by atoms with Crippen LogP contribution in [0.4, 0.5) is 0 Å². The molecule has 0 saturated carbocycles. The van der Waals surface area contributed by atoms with Crippen molar-refractivity contribution in [2.45, 2.75) is 18.6 Å². The number of rotatable bonds is 7. The molecule has 28 heavy (non-hydrogen) atoms. The molecule has 8 heteroatoms. The molecule has 0 aliphatic carbocycles. The zero-order valence-corrected chi connectivity index (χ0v) is 17.5. The lowest BCUT2D eigenvalue weighted by molar-refractivity contribution is -0.127. The van der Waals surface area contributed by atoms with Crippen LogP contribution in [0.1, 0.15) is 11.1 Å². The van der Waals surface area contributed by atoms with E-state index in [0.717, 1.165) is 11.1 Å². The van der Waals surface area contributed by atoms with Crippen molar-refractivity contribution in [1.29, 1.82) is 0 Å². The topological polar surface area (TPSA) is 71.1 Å². The lowest BCUT2D eigenvalue weighted by Gasteiger charge is -2.18. The molecule has 0 aliphatic heterocycles. The first-order valence-electron chi connectivity index (χ1n) is 8.65. The Morgan fingerprint density at radius 3 is 2.82 bits per heavy atom. The first-order valence-corrected chi connectivity index (χ1v) is 10.0. The number of carbonyl (C=O) groups is 1. The predicted molar refractivity (Wildman–Crippen MR) is 112 cm³/mol. The van der Waals surface area contributed by atoms with E-state index in [9.17, 15) is 4.79 Å². The van der Waals surface area contributed by atoms with Crippen LogP contribution in [0.25, 0.3) is 11.4 Å². The van der Waals surface area contributed by atoms with Crippen molar-refractivity contribution in [1.82, 2.24) is 20.1 Å². The molecule has 3 rings (SSSR count). The highest BCUT2D eigenvalue weighted by Crippen LogP contribution is 2.31. The van der Waals surface area contributed by atoms with Crippen LogP contribution in [0.15, 0.2) is 47.6 Å². The van der Waals surface area contributed by atoms with E-state index in [0.29, 0.717) is 28.3 Å². The van der Waals surface area contributed by atoms with Gasteiger partial charge in [-0.1, -0.05) is 47.6 Å². The molecule has 0 saturated heterocycles. The van der Waals surface area contributed by atoms with Gasteiger partial charge in [-0.05, 0) is 36.2 Å². The van der Waals surface area contributed by atoms with E-state index in [2.05, 4.69) is 15.2 Å². The number of thioether (sulfide) groups is 1. The Kier molecular flexibility index (Phi) is 6.59. The Morgan fingerprint density at radius 1 is 1.29 bits per heavy atom. The SMILES string of the molecule is COc1ccc(Cl)cc1-c1nc(SCC(=O)N(C)Cc2ccccc2C)n[nH]1. The van der Waals surface area contributed by atoms with Crippen LogP contribution in [-0.2, 0) is 11.3 Å². The van der Waals surface area contributed by atoms with Gasteiger partial charge in [0.1, 0.15) is 5.75 Å². The van der Waals surface area contributed by atoms with Crippen molar-refractivity contribution in [3.8, 4) is 17.1 Å². The third-order valence-electron chi connectivity index (χ3n) is 4.30. The van der Waals surface area contributed by atoms with Gasteiger partial charge in [-0.25, -0.2) is 4.98 Å². The van der Waals surface area contributed by atoms with Gasteiger partial charge in [-0.2, -0.15) is 0 Å². The number of ether oxygens (including phenoxy) is 1. The second kappa shape index (κ2) is 9.12. The van der Waals surface area contributed by atoms with E-state index in [1.165, 1.54) is 17.3 Å². The highest BCUT2D eigenvalue weighted by molar-refractivity contribution is 7.99. The third kappa shape index (κ3) is 4.85. The highest BCUT2D eigenvalue weighted by atomic mass is 35.5. The van der Waals surface area contributed by atoms with Gasteiger partial charge in [0.25, 0.3) is 0 Å². The molecular formula is C20H21ClN4O2S. The van der Waals surface area contributed by atoms with E-state index in [1.54, 1.807) is 37.3 Å². The van der Waals surface area contributed by atoms with Gasteiger partial charge in [-0.3, -0.25) is 9.89 Å². The van der Waals surface area contributed by atoms with Crippen LogP contribution in [0, 0.1) is 6.92 Å². The van der Waals surface area contributed by atoms with Crippen LogP contribution in [0.5, 0.6) is 5.75 Å². The first kappa shape index (κ1) is 20.2. The fourth-order valence-electron chi connectivity index (χ4n) is 2.66. The van der Waals surface area contributed by atoms with E-state index in [4.69, 9.17) is 16.3 Å². The Labute approximate surface area is 173 Å². The van der Waals surface area contributed by atoms with E-state index in [-0.39, 0.29) is 11.7 Å². The Bertz CT molecular complexity index is 976. The van der Waals surface area contributed by atoms with Crippen LogP contribution >= 0.6 is 23.4 Å². The fourth-order valence-corrected chi connectivity index (χ4v) is 3.58. The zero-order valence-electron chi connectivity index (χ0n) is 15.9. The number of nitrogens with one attached hydrogen (secondary N) is 1. The van der Waals surface area contributed by atoms with Gasteiger partial charge >= 0.3 is 0 Å². The van der Waals surface area contributed by atoms with Gasteiger partial charge in [0.2, 0.25) is 11.1 Å². The summed E-state index contributed by atoms with van der Waals surface area (Å²) in [5.74, 6) is 1.46. The first-order chi connectivity index (χ1) is 13.5. The molecule has 0 atom stereocenters. The molecule has 146 valence electrons. The number of aryl methyl sites for hydroxylation is 1. The van der Waals surface area contributed by atoms with Crippen molar-refractivity contribution in [3.05, 3.63) is 58.6 Å². The van der Waals surface area contributed by atoms with Crippen molar-refractivity contribution < 1.29 is 9.53 Å². The summed E-state index contributed by atoms with van der Waals surface area (Å²) in [6, 6.07) is 13.3. The van der Waals surface area contributed by atoms with Crippen molar-refractivity contribution >= 4 is 29.3 Å². The molecule has 1 N–H and O–H groups in total. The lowest BCUT2D eigenvalue weighted by atomic mass is 10.1. The second-order valence-electron chi connectivity index (χ2n) is 6.28. The number of halogens is 1. The van der Waals surface area contributed by atoms with Crippen LogP contribution in [-0.4, -0.2) is 45.9 Å². The Balaban J connectivity index is 1.62. The molecule has 3 aromatic rings. The quantitative estimate of drug-likeness (QED) is 0.584. The molecule has 6 nitrogen and oxygen atoms in total. The summed E-state index contributed by atoms with van der Waals surface area (Å²) >= 11 is 7.36. The standard InChI is InChI=1S/C20H21ClN4O2S/c1-13-6-4-5-7-14(13)11-25(2)18(26)12-28-20-22-19(23-24-20)16-10-15(21)8-9-17(16)27-3/h4-10H,11-12H2,1-3H3,(H,22,23,24). The summed E-state index contributed by atoms with van der Waals surface area (Å²) in [5.41, 5.74) is 3.03. The summed E-state index contributed by atoms with van der Waals surface area (Å²) in [5, 5.41) is 8.14. The largest absolute Gasteiger partial charge is 0.496 e. The number of aromatic nitrogens is 3. The number of methoxy groups -OCH3 is 1. The smallest absolute Gasteiger partial charge is 0.233 e. The van der Waals surface area contributed by atoms with E-state index in [1.807, 2.05) is 31.2 Å². The average Bonchev–Trinajstić information content (AvgIpc) is 3.16. The molecule has 0 fully saturated rings. The minimum absolute atomic E-state index is 0.0138. The summed E-state index contributed by atoms with van der Waals surface area (Å²) in [7, 11) is 3.39. The zero-order chi connectivity index (χ0) is 20.1. The predicted octanol–water partition coefficient (Wildman–Crippen LogP) is 4.19. The molecule has 1 heterocycles. The molecule has 0 unspecified atom stereocenters. The summed E-state index contributed by atoms with van der Waals surface area (Å²) in [6.45, 7) is 2.62. The van der Waals surface area contributed by atoms with Crippen molar-refractivity contribution in [2.24, 2.45) is 0 Å². The third-order valence-corrected chi connectivity index (χ3v) is 5.37. The van der Waals surface area contributed by atoms with Crippen LogP contribution in [0.2, 0.25) is 5.02 Å². The van der Waals surface area contributed by atoms with Gasteiger partial charge < -0.3 is 9.64 Å². The Hall–Kier alpha value is -2.51. The molecule has 0 bridgehead atoms.